The molecule has 0 fully saturated rings. The van der Waals surface area contributed by atoms with Gasteiger partial charge in [0.25, 0.3) is 0 Å². The molecule has 29 heavy (non-hydrogen) atoms. The highest BCUT2D eigenvalue weighted by atomic mass is 16.5. The van der Waals surface area contributed by atoms with Crippen molar-refractivity contribution in [3.05, 3.63) is 83.9 Å². The first-order valence-corrected chi connectivity index (χ1v) is 10.4. The van der Waals surface area contributed by atoms with Gasteiger partial charge in [-0.15, -0.1) is 0 Å². The lowest BCUT2D eigenvalue weighted by Gasteiger charge is -2.14. The van der Waals surface area contributed by atoms with Crippen molar-refractivity contribution < 1.29 is 4.74 Å². The summed E-state index contributed by atoms with van der Waals surface area (Å²) in [5.74, 6) is 2.48. The molecule has 0 unspecified atom stereocenters. The van der Waals surface area contributed by atoms with Crippen LogP contribution >= 0.6 is 0 Å². The molecule has 0 saturated heterocycles. The third kappa shape index (κ3) is 4.19. The van der Waals surface area contributed by atoms with Crippen LogP contribution in [0.5, 0.6) is 5.75 Å². The highest BCUT2D eigenvalue weighted by molar-refractivity contribution is 5.80. The minimum absolute atomic E-state index is 0.455. The van der Waals surface area contributed by atoms with E-state index in [1.54, 1.807) is 0 Å². The highest BCUT2D eigenvalue weighted by Crippen LogP contribution is 2.27. The van der Waals surface area contributed by atoms with E-state index in [0.29, 0.717) is 12.5 Å². The summed E-state index contributed by atoms with van der Waals surface area (Å²) in [6.07, 6.45) is 0.922. The number of aromatic nitrogens is 2. The lowest BCUT2D eigenvalue weighted by Crippen LogP contribution is -2.07. The Morgan fingerprint density at radius 3 is 2.55 bits per heavy atom. The average molecular weight is 385 g/mol. The fourth-order valence-corrected chi connectivity index (χ4v) is 3.80. The van der Waals surface area contributed by atoms with Crippen molar-refractivity contribution in [1.82, 2.24) is 9.55 Å². The summed E-state index contributed by atoms with van der Waals surface area (Å²) in [6, 6.07) is 25.3. The third-order valence-corrected chi connectivity index (χ3v) is 5.26. The van der Waals surface area contributed by atoms with E-state index in [9.17, 15) is 0 Å². The number of hydrogen-bond donors (Lipinski definition) is 0. The quantitative estimate of drug-likeness (QED) is 0.335. The standard InChI is InChI=1S/C26H28N2O/c1-19(2)22-12-4-7-15-25(22)29-17-9-16-28-24-14-6-5-13-23(24)27-26(28)21-11-8-10-20(3)18-21/h4-8,10-15,18-19H,9,16-17H2,1-3H3. The summed E-state index contributed by atoms with van der Waals surface area (Å²) in [5.41, 5.74) is 5.88. The summed E-state index contributed by atoms with van der Waals surface area (Å²) in [4.78, 5) is 4.92. The number of para-hydroxylation sites is 3. The molecule has 0 radical (unpaired) electrons. The van der Waals surface area contributed by atoms with Crippen LogP contribution in [-0.4, -0.2) is 16.2 Å². The zero-order chi connectivity index (χ0) is 20.2. The molecular formula is C26H28N2O. The van der Waals surface area contributed by atoms with E-state index in [0.717, 1.165) is 35.6 Å². The number of fused-ring (bicyclic) bond motifs is 1. The molecule has 0 amide bonds. The Morgan fingerprint density at radius 1 is 0.931 bits per heavy atom. The number of nitrogens with zero attached hydrogens (tertiary/aromatic N) is 2. The van der Waals surface area contributed by atoms with Crippen LogP contribution in [0.25, 0.3) is 22.4 Å². The van der Waals surface area contributed by atoms with Gasteiger partial charge in [0.15, 0.2) is 0 Å². The van der Waals surface area contributed by atoms with Crippen molar-refractivity contribution in [3.63, 3.8) is 0 Å². The summed E-state index contributed by atoms with van der Waals surface area (Å²) in [7, 11) is 0. The second kappa shape index (κ2) is 8.52. The summed E-state index contributed by atoms with van der Waals surface area (Å²) >= 11 is 0. The van der Waals surface area contributed by atoms with E-state index in [-0.39, 0.29) is 0 Å². The lowest BCUT2D eigenvalue weighted by molar-refractivity contribution is 0.299. The molecule has 148 valence electrons. The molecule has 4 rings (SSSR count). The molecule has 0 spiro atoms. The summed E-state index contributed by atoms with van der Waals surface area (Å²) < 4.78 is 8.46. The van der Waals surface area contributed by atoms with E-state index in [2.05, 4.69) is 86.0 Å². The van der Waals surface area contributed by atoms with Gasteiger partial charge in [-0.2, -0.15) is 0 Å². The number of hydrogen-bond acceptors (Lipinski definition) is 2. The van der Waals surface area contributed by atoms with Gasteiger partial charge in [-0.05, 0) is 49.1 Å². The zero-order valence-corrected chi connectivity index (χ0v) is 17.4. The van der Waals surface area contributed by atoms with E-state index in [4.69, 9.17) is 9.72 Å². The van der Waals surface area contributed by atoms with Crippen molar-refractivity contribution in [2.45, 2.75) is 39.7 Å². The van der Waals surface area contributed by atoms with Crippen molar-refractivity contribution in [1.29, 1.82) is 0 Å². The van der Waals surface area contributed by atoms with Crippen molar-refractivity contribution in [2.75, 3.05) is 6.61 Å². The van der Waals surface area contributed by atoms with Gasteiger partial charge in [-0.3, -0.25) is 0 Å². The molecule has 3 nitrogen and oxygen atoms in total. The molecule has 0 aliphatic carbocycles. The Bertz CT molecular complexity index is 1110. The van der Waals surface area contributed by atoms with Crippen LogP contribution in [0.15, 0.2) is 72.8 Å². The topological polar surface area (TPSA) is 27.1 Å². The van der Waals surface area contributed by atoms with E-state index in [1.807, 2.05) is 12.1 Å². The van der Waals surface area contributed by atoms with Gasteiger partial charge in [-0.1, -0.05) is 67.9 Å². The van der Waals surface area contributed by atoms with Crippen LogP contribution in [0.1, 0.15) is 37.3 Å². The molecular weight excluding hydrogens is 356 g/mol. The largest absolute Gasteiger partial charge is 0.493 e. The van der Waals surface area contributed by atoms with Crippen LogP contribution in [0.4, 0.5) is 0 Å². The van der Waals surface area contributed by atoms with Crippen molar-refractivity contribution >= 4 is 11.0 Å². The van der Waals surface area contributed by atoms with E-state index in [1.165, 1.54) is 16.6 Å². The molecule has 0 bridgehead atoms. The molecule has 0 N–H and O–H groups in total. The van der Waals surface area contributed by atoms with E-state index >= 15 is 0 Å². The maximum absolute atomic E-state index is 6.14. The predicted molar refractivity (Wildman–Crippen MR) is 121 cm³/mol. The van der Waals surface area contributed by atoms with Crippen LogP contribution in [-0.2, 0) is 6.54 Å². The molecule has 4 aromatic rings. The van der Waals surface area contributed by atoms with Gasteiger partial charge in [0.05, 0.1) is 17.6 Å². The molecule has 3 heteroatoms. The number of aryl methyl sites for hydroxylation is 2. The fraction of sp³-hybridized carbons (Fsp3) is 0.269. The Hall–Kier alpha value is -3.07. The maximum Gasteiger partial charge on any atom is 0.141 e. The number of imidazole rings is 1. The minimum atomic E-state index is 0.455. The first-order valence-electron chi connectivity index (χ1n) is 10.4. The zero-order valence-electron chi connectivity index (χ0n) is 17.4. The number of benzene rings is 3. The van der Waals surface area contributed by atoms with Gasteiger partial charge < -0.3 is 9.30 Å². The Morgan fingerprint density at radius 2 is 1.72 bits per heavy atom. The maximum atomic E-state index is 6.14. The van der Waals surface area contributed by atoms with Crippen LogP contribution < -0.4 is 4.74 Å². The first kappa shape index (κ1) is 19.3. The Kier molecular flexibility index (Phi) is 5.66. The fourth-order valence-electron chi connectivity index (χ4n) is 3.80. The summed E-state index contributed by atoms with van der Waals surface area (Å²) in [6.45, 7) is 8.08. The molecule has 1 heterocycles. The van der Waals surface area contributed by atoms with Crippen LogP contribution in [0, 0.1) is 6.92 Å². The monoisotopic (exact) mass is 384 g/mol. The van der Waals surface area contributed by atoms with Gasteiger partial charge in [-0.25, -0.2) is 4.98 Å². The first-order chi connectivity index (χ1) is 14.1. The van der Waals surface area contributed by atoms with Gasteiger partial charge in [0.2, 0.25) is 0 Å². The van der Waals surface area contributed by atoms with Crippen LogP contribution in [0.3, 0.4) is 0 Å². The van der Waals surface area contributed by atoms with E-state index < -0.39 is 0 Å². The smallest absolute Gasteiger partial charge is 0.141 e. The highest BCUT2D eigenvalue weighted by Gasteiger charge is 2.13. The van der Waals surface area contributed by atoms with Gasteiger partial charge in [0.1, 0.15) is 11.6 Å². The second-order valence-corrected chi connectivity index (χ2v) is 7.84. The molecule has 0 aliphatic rings. The summed E-state index contributed by atoms with van der Waals surface area (Å²) in [5, 5.41) is 0. The number of ether oxygens (including phenoxy) is 1. The lowest BCUT2D eigenvalue weighted by atomic mass is 10.0. The molecule has 3 aromatic carbocycles. The molecule has 0 saturated carbocycles. The molecule has 0 aliphatic heterocycles. The molecule has 1 aromatic heterocycles. The number of rotatable bonds is 7. The SMILES string of the molecule is Cc1cccc(-c2nc3ccccc3n2CCCOc2ccccc2C(C)C)c1. The van der Waals surface area contributed by atoms with Crippen molar-refractivity contribution in [2.24, 2.45) is 0 Å². The van der Waals surface area contributed by atoms with Gasteiger partial charge in [0, 0.05) is 12.1 Å². The van der Waals surface area contributed by atoms with Crippen LogP contribution in [0.2, 0.25) is 0 Å². The Labute approximate surface area is 173 Å². The molecule has 0 atom stereocenters. The minimum Gasteiger partial charge on any atom is -0.493 e. The Balaban J connectivity index is 1.54. The van der Waals surface area contributed by atoms with Crippen molar-refractivity contribution in [3.8, 4) is 17.1 Å². The normalized spacial score (nSPS) is 11.3. The second-order valence-electron chi connectivity index (χ2n) is 7.84. The van der Waals surface area contributed by atoms with Gasteiger partial charge >= 0.3 is 0 Å². The third-order valence-electron chi connectivity index (χ3n) is 5.26. The predicted octanol–water partition coefficient (Wildman–Crippen LogP) is 6.60. The average Bonchev–Trinajstić information content (AvgIpc) is 3.10.